The largest absolute Gasteiger partial charge is 0.378 e. The van der Waals surface area contributed by atoms with Crippen molar-refractivity contribution in [1.29, 1.82) is 0 Å². The Morgan fingerprint density at radius 3 is 1.95 bits per heavy atom. The van der Waals surface area contributed by atoms with Gasteiger partial charge in [-0.25, -0.2) is 35.4 Å². The van der Waals surface area contributed by atoms with E-state index >= 15 is 0 Å². The fourth-order valence-electron chi connectivity index (χ4n) is 12.0. The van der Waals surface area contributed by atoms with Crippen LogP contribution >= 0.6 is 69.6 Å². The molecule has 1 aromatic carbocycles. The van der Waals surface area contributed by atoms with Gasteiger partial charge in [0.05, 0.1) is 71.8 Å². The lowest BCUT2D eigenvalue weighted by molar-refractivity contribution is -0.124. The second-order valence-corrected chi connectivity index (χ2v) is 33.7. The lowest BCUT2D eigenvalue weighted by atomic mass is 9.67. The standard InChI is InChI=1S/C22H23N3OS2.C19H18F2N4O3S2.C17H15ClN4O2S3/c1-4-5-15-6-16(11-24-10-15)17-7-19(27-12-17)21(3)13-22(28-20(23)25-21)8-18(9-22)14(2)26;1-18(8-19(29-17(22)25-18)9-30(27,28)10-19)13-6-12(3-4-14(13)21)24-16(26)15-5-2-11(20)7-23-15;1-16(7-17(26-15(19)22-16)8-27(23,24)9-17)14-12(18)4-13(25-14)10-3-11(20-2)6-21-5-10/h6-7,10-12,18H,8-9,13H2,1-3H3,(H2,23,25);2-7H,8-10H2,1H3,(H2,22,25)(H,24,26);3-6H,7-9H2,1H3,(H2,19,22). The molecule has 2 saturated heterocycles. The molecule has 27 heteroatoms. The van der Waals surface area contributed by atoms with Gasteiger partial charge < -0.3 is 22.5 Å². The molecule has 12 rings (SSSR count). The molecule has 1 saturated carbocycles. The minimum Gasteiger partial charge on any atom is -0.378 e. The molecule has 10 heterocycles. The van der Waals surface area contributed by atoms with E-state index in [9.17, 15) is 35.2 Å². The van der Waals surface area contributed by atoms with Crippen LogP contribution in [0.5, 0.6) is 0 Å². The number of aromatic nitrogens is 3. The number of nitrogens with zero attached hydrogens (tertiary/aromatic N) is 7. The first kappa shape index (κ1) is 61.8. The number of halogens is 3. The molecule has 6 aromatic rings. The minimum atomic E-state index is -3.13. The maximum atomic E-state index is 14.8. The number of thioether (sulfide) groups is 3. The average Bonchev–Trinajstić information content (AvgIpc) is 1.55. The molecule has 3 spiro atoms. The van der Waals surface area contributed by atoms with Gasteiger partial charge >= 0.3 is 0 Å². The van der Waals surface area contributed by atoms with Crippen molar-refractivity contribution in [3.8, 4) is 33.4 Å². The number of amides is 1. The molecule has 85 heavy (non-hydrogen) atoms. The van der Waals surface area contributed by atoms with E-state index in [-0.39, 0.29) is 61.4 Å². The molecule has 1 amide bonds. The van der Waals surface area contributed by atoms with Crippen LogP contribution in [0.3, 0.4) is 0 Å². The number of nitrogens with two attached hydrogens (primary N) is 3. The Morgan fingerprint density at radius 2 is 1.34 bits per heavy atom. The van der Waals surface area contributed by atoms with Crippen LogP contribution in [0.25, 0.3) is 26.4 Å². The van der Waals surface area contributed by atoms with Crippen LogP contribution in [-0.2, 0) is 41.1 Å². The molecule has 6 aliphatic rings. The second-order valence-electron chi connectivity index (χ2n) is 22.7. The average molecular weight is 1300 g/mol. The van der Waals surface area contributed by atoms with Crippen molar-refractivity contribution in [1.82, 2.24) is 15.0 Å². The van der Waals surface area contributed by atoms with E-state index in [1.54, 1.807) is 55.4 Å². The molecular weight excluding hydrogens is 1240 g/mol. The number of pyridine rings is 3. The van der Waals surface area contributed by atoms with Gasteiger partial charge in [-0.1, -0.05) is 52.8 Å². The van der Waals surface area contributed by atoms with Crippen molar-refractivity contribution in [3.63, 3.8) is 0 Å². The van der Waals surface area contributed by atoms with Gasteiger partial charge in [0.1, 0.15) is 23.1 Å². The fourth-order valence-corrected chi connectivity index (χ4v) is 24.9. The number of aliphatic imine (C=N–C) groups is 3. The van der Waals surface area contributed by atoms with Crippen molar-refractivity contribution < 1.29 is 35.2 Å². The highest BCUT2D eigenvalue weighted by atomic mass is 35.5. The smallest absolute Gasteiger partial charge is 0.274 e. The Bertz CT molecular complexity index is 4130. The first-order chi connectivity index (χ1) is 40.0. The number of anilines is 1. The third-order valence-electron chi connectivity index (χ3n) is 15.3. The topological polar surface area (TPSA) is 273 Å². The summed E-state index contributed by atoms with van der Waals surface area (Å²) in [5.41, 5.74) is 21.0. The maximum Gasteiger partial charge on any atom is 0.274 e. The highest BCUT2D eigenvalue weighted by Crippen LogP contribution is 2.59. The number of hydrogen-bond acceptors (Lipinski definition) is 20. The summed E-state index contributed by atoms with van der Waals surface area (Å²) >= 11 is 14.0. The zero-order valence-corrected chi connectivity index (χ0v) is 52.9. The lowest BCUT2D eigenvalue weighted by Gasteiger charge is -2.51. The first-order valence-electron chi connectivity index (χ1n) is 26.3. The Kier molecular flexibility index (Phi) is 16.8. The van der Waals surface area contributed by atoms with E-state index in [1.165, 1.54) is 70.2 Å². The van der Waals surface area contributed by atoms with Crippen molar-refractivity contribution in [2.24, 2.45) is 38.1 Å². The van der Waals surface area contributed by atoms with Gasteiger partial charge in [-0.05, 0) is 138 Å². The first-order valence-corrected chi connectivity index (χ1v) is 34.5. The number of carbonyl (C=O) groups is 2. The number of Topliss-reactive ketones (excluding diaryl/α,β-unsaturated/α-hetero) is 1. The molecule has 1 aliphatic carbocycles. The normalized spacial score (nSPS) is 24.3. The number of ketones is 1. The number of sulfone groups is 2. The van der Waals surface area contributed by atoms with Crippen LogP contribution in [0.1, 0.15) is 98.1 Å². The van der Waals surface area contributed by atoms with Crippen molar-refractivity contribution in [2.75, 3.05) is 28.3 Å². The van der Waals surface area contributed by atoms with Crippen molar-refractivity contribution >= 4 is 128 Å². The maximum absolute atomic E-state index is 14.8. The third kappa shape index (κ3) is 13.4. The van der Waals surface area contributed by atoms with E-state index in [1.807, 2.05) is 26.1 Å². The number of rotatable bonds is 8. The van der Waals surface area contributed by atoms with Crippen LogP contribution in [0.4, 0.5) is 20.2 Å². The van der Waals surface area contributed by atoms with Gasteiger partial charge in [-0.15, -0.1) is 28.6 Å². The molecule has 7 N–H and O–H groups in total. The van der Waals surface area contributed by atoms with Gasteiger partial charge in [0.2, 0.25) is 5.69 Å². The molecule has 442 valence electrons. The summed E-state index contributed by atoms with van der Waals surface area (Å²) in [5.74, 6) is 4.90. The highest BCUT2D eigenvalue weighted by Gasteiger charge is 2.58. The number of amidine groups is 3. The van der Waals surface area contributed by atoms with Crippen LogP contribution in [-0.4, -0.2) is 96.2 Å². The van der Waals surface area contributed by atoms with Gasteiger partial charge in [-0.3, -0.25) is 34.5 Å². The van der Waals surface area contributed by atoms with E-state index in [4.69, 9.17) is 40.4 Å². The predicted octanol–water partition coefficient (Wildman–Crippen LogP) is 10.9. The summed E-state index contributed by atoms with van der Waals surface area (Å²) in [5, 5.41) is 6.54. The van der Waals surface area contributed by atoms with Crippen LogP contribution in [0, 0.1) is 36.0 Å². The van der Waals surface area contributed by atoms with Gasteiger partial charge in [0.25, 0.3) is 5.91 Å². The summed E-state index contributed by atoms with van der Waals surface area (Å²) in [4.78, 5) is 56.4. The lowest BCUT2D eigenvalue weighted by Crippen LogP contribution is -2.58. The Morgan fingerprint density at radius 1 is 0.741 bits per heavy atom. The Balaban J connectivity index is 0.000000142. The summed E-state index contributed by atoms with van der Waals surface area (Å²) in [6.45, 7) is 16.5. The molecule has 3 unspecified atom stereocenters. The monoisotopic (exact) mass is 1300 g/mol. The molecule has 5 aliphatic heterocycles. The van der Waals surface area contributed by atoms with E-state index in [0.29, 0.717) is 39.6 Å². The zero-order valence-electron chi connectivity index (χ0n) is 46.4. The number of nitrogens with one attached hydrogen (secondary N) is 1. The second kappa shape index (κ2) is 23.1. The number of hydrogen-bond donors (Lipinski definition) is 4. The molecule has 17 nitrogen and oxygen atoms in total. The Labute approximate surface area is 517 Å². The molecule has 3 fully saturated rings. The zero-order chi connectivity index (χ0) is 61.1. The third-order valence-corrected chi connectivity index (χ3v) is 26.6. The number of benzene rings is 1. The SMILES string of the molecule is CC#Cc1cncc(-c2csc(C3(C)CC4(CC(C(C)=O)C4)SC(N)=N3)c2)c1.CC1(c2cc(NC(=O)c3ccc(F)cn3)ccc2F)CC2(CS(=O)(=O)C2)SC(N)=N1.[C-]#[N+]c1cncc(-c2cc(Cl)c(C3(C)CC4(CS(=O)(=O)C4)SC(N)=N3)s2)c1. The highest BCUT2D eigenvalue weighted by molar-refractivity contribution is 8.17. The molecule has 5 aromatic heterocycles. The van der Waals surface area contributed by atoms with Crippen molar-refractivity contribution in [2.45, 2.75) is 97.6 Å². The summed E-state index contributed by atoms with van der Waals surface area (Å²) < 4.78 is 73.8. The van der Waals surface area contributed by atoms with Gasteiger partial charge in [-0.2, -0.15) is 0 Å². The fraction of sp³-hybridized carbons (Fsp3) is 0.362. The van der Waals surface area contributed by atoms with E-state index < -0.39 is 57.8 Å². The number of carbonyl (C=O) groups excluding carboxylic acids is 2. The molecular formula is C58H56ClF2N11O6S7. The molecule has 0 radical (unpaired) electrons. The molecule has 3 atom stereocenters. The number of thiophene rings is 2. The predicted molar refractivity (Wildman–Crippen MR) is 340 cm³/mol. The van der Waals surface area contributed by atoms with Crippen LogP contribution in [0.15, 0.2) is 106 Å². The molecule has 0 bridgehead atoms. The van der Waals surface area contributed by atoms with Crippen LogP contribution < -0.4 is 22.5 Å². The van der Waals surface area contributed by atoms with Crippen molar-refractivity contribution in [3.05, 3.63) is 146 Å². The minimum absolute atomic E-state index is 0.00319. The van der Waals surface area contributed by atoms with Crippen LogP contribution in [0.2, 0.25) is 5.02 Å². The van der Waals surface area contributed by atoms with E-state index in [2.05, 4.69) is 71.4 Å². The van der Waals surface area contributed by atoms with Gasteiger partial charge in [0, 0.05) is 67.6 Å². The summed E-state index contributed by atoms with van der Waals surface area (Å²) in [6, 6.07) is 14.3. The summed E-state index contributed by atoms with van der Waals surface area (Å²) in [7, 11) is -6.13. The summed E-state index contributed by atoms with van der Waals surface area (Å²) in [6.07, 6.45) is 11.3. The Hall–Kier alpha value is -6.23. The van der Waals surface area contributed by atoms with Gasteiger partial charge in [0.15, 0.2) is 35.2 Å². The quantitative estimate of drug-likeness (QED) is 0.0815. The van der Waals surface area contributed by atoms with E-state index in [0.717, 1.165) is 63.5 Å².